The fraction of sp³-hybridized carbons (Fsp3) is 0.200. The number of aromatic amines is 1. The molecule has 0 radical (unpaired) electrons. The van der Waals surface area contributed by atoms with E-state index >= 15 is 0 Å². The lowest BCUT2D eigenvalue weighted by molar-refractivity contribution is 0.152. The molecule has 0 bridgehead atoms. The molecular weight excluding hydrogens is 325 g/mol. The molecular formula is C10H9BrFN3O2S. The number of nitrogens with zero attached hydrogens (tertiary/aromatic N) is 1. The van der Waals surface area contributed by atoms with E-state index in [1.807, 2.05) is 0 Å². The van der Waals surface area contributed by atoms with Crippen molar-refractivity contribution in [1.29, 1.82) is 0 Å². The van der Waals surface area contributed by atoms with Crippen LogP contribution in [0.25, 0.3) is 11.0 Å². The molecule has 8 heteroatoms. The highest BCUT2D eigenvalue weighted by Crippen LogP contribution is 2.23. The number of fused-ring (bicyclic) bond motifs is 1. The Morgan fingerprint density at radius 2 is 2.33 bits per heavy atom. The van der Waals surface area contributed by atoms with Crippen LogP contribution >= 0.6 is 28.1 Å². The number of ether oxygens (including phenoxy) is 1. The van der Waals surface area contributed by atoms with Gasteiger partial charge in [0.15, 0.2) is 4.77 Å². The third-order valence-corrected chi connectivity index (χ3v) is 3.31. The predicted molar refractivity (Wildman–Crippen MR) is 70.3 cm³/mol. The molecule has 1 aromatic carbocycles. The summed E-state index contributed by atoms with van der Waals surface area (Å²) in [5, 5.41) is 0. The van der Waals surface area contributed by atoms with Crippen molar-refractivity contribution in [2.75, 3.05) is 6.61 Å². The smallest absolute Gasteiger partial charge is 0.404 e. The minimum atomic E-state index is -0.852. The maximum atomic E-state index is 13.5. The van der Waals surface area contributed by atoms with Crippen molar-refractivity contribution in [3.05, 3.63) is 27.2 Å². The van der Waals surface area contributed by atoms with Gasteiger partial charge in [-0.3, -0.25) is 0 Å². The van der Waals surface area contributed by atoms with Crippen LogP contribution in [-0.2, 0) is 11.3 Å². The van der Waals surface area contributed by atoms with Crippen LogP contribution < -0.4 is 5.73 Å². The van der Waals surface area contributed by atoms with Crippen molar-refractivity contribution in [3.8, 4) is 0 Å². The first-order valence-electron chi connectivity index (χ1n) is 4.99. The molecule has 0 aliphatic carbocycles. The number of imidazole rings is 1. The normalized spacial score (nSPS) is 10.8. The van der Waals surface area contributed by atoms with Gasteiger partial charge in [-0.1, -0.05) is 0 Å². The lowest BCUT2D eigenvalue weighted by Crippen LogP contribution is -2.16. The van der Waals surface area contributed by atoms with Gasteiger partial charge in [0, 0.05) is 6.07 Å². The first kappa shape index (κ1) is 13.0. The number of hydrogen-bond donors (Lipinski definition) is 2. The lowest BCUT2D eigenvalue weighted by Gasteiger charge is -2.05. The van der Waals surface area contributed by atoms with E-state index in [1.165, 1.54) is 6.07 Å². The molecule has 1 heterocycles. The molecule has 0 saturated carbocycles. The number of halogens is 2. The Bertz CT molecular complexity index is 667. The Kier molecular flexibility index (Phi) is 3.67. The lowest BCUT2D eigenvalue weighted by atomic mass is 10.3. The molecule has 3 N–H and O–H groups in total. The molecule has 2 rings (SSSR count). The second-order valence-corrected chi connectivity index (χ2v) is 4.77. The number of H-pyrrole nitrogens is 1. The number of nitrogens with two attached hydrogens (primary N) is 1. The number of aromatic nitrogens is 2. The van der Waals surface area contributed by atoms with Gasteiger partial charge in [0.25, 0.3) is 0 Å². The maximum absolute atomic E-state index is 13.5. The SMILES string of the molecule is NC(=O)OCCn1c(=S)[nH]c2cc(Br)c(F)cc21. The Morgan fingerprint density at radius 3 is 3.00 bits per heavy atom. The van der Waals surface area contributed by atoms with Crippen LogP contribution in [0.5, 0.6) is 0 Å². The summed E-state index contributed by atoms with van der Waals surface area (Å²) in [6, 6.07) is 2.96. The second kappa shape index (κ2) is 5.07. The second-order valence-electron chi connectivity index (χ2n) is 3.53. The highest BCUT2D eigenvalue weighted by Gasteiger charge is 2.09. The number of benzene rings is 1. The minimum Gasteiger partial charge on any atom is -0.448 e. The van der Waals surface area contributed by atoms with Crippen molar-refractivity contribution in [3.63, 3.8) is 0 Å². The van der Waals surface area contributed by atoms with E-state index in [9.17, 15) is 9.18 Å². The molecule has 0 fully saturated rings. The molecule has 1 aromatic heterocycles. The molecule has 96 valence electrons. The summed E-state index contributed by atoms with van der Waals surface area (Å²) in [5.41, 5.74) is 6.16. The average Bonchev–Trinajstić information content (AvgIpc) is 2.56. The van der Waals surface area contributed by atoms with E-state index in [0.29, 0.717) is 26.8 Å². The van der Waals surface area contributed by atoms with Gasteiger partial charge >= 0.3 is 6.09 Å². The molecule has 2 aromatic rings. The standard InChI is InChI=1S/C10H9BrFN3O2S/c11-5-3-7-8(4-6(5)12)15(10(18)14-7)1-2-17-9(13)16/h3-4H,1-2H2,(H2,13,16)(H,14,18). The van der Waals surface area contributed by atoms with E-state index in [4.69, 9.17) is 18.0 Å². The summed E-state index contributed by atoms with van der Waals surface area (Å²) in [4.78, 5) is 13.4. The summed E-state index contributed by atoms with van der Waals surface area (Å²) in [6.07, 6.45) is -0.852. The number of carbonyl (C=O) groups is 1. The molecule has 0 saturated heterocycles. The van der Waals surface area contributed by atoms with Gasteiger partial charge in [-0.25, -0.2) is 9.18 Å². The Labute approximate surface area is 115 Å². The van der Waals surface area contributed by atoms with Gasteiger partial charge in [-0.15, -0.1) is 0 Å². The first-order valence-corrected chi connectivity index (χ1v) is 6.19. The highest BCUT2D eigenvalue weighted by molar-refractivity contribution is 9.10. The van der Waals surface area contributed by atoms with Crippen LogP contribution in [0.3, 0.4) is 0 Å². The van der Waals surface area contributed by atoms with Crippen molar-refractivity contribution in [2.24, 2.45) is 5.73 Å². The Morgan fingerprint density at radius 1 is 1.61 bits per heavy atom. The van der Waals surface area contributed by atoms with Crippen LogP contribution in [0.15, 0.2) is 16.6 Å². The van der Waals surface area contributed by atoms with E-state index in [-0.39, 0.29) is 12.4 Å². The maximum Gasteiger partial charge on any atom is 0.404 e. The predicted octanol–water partition coefficient (Wildman–Crippen LogP) is 2.70. The summed E-state index contributed by atoms with van der Waals surface area (Å²) < 4.78 is 20.5. The van der Waals surface area contributed by atoms with E-state index < -0.39 is 6.09 Å². The zero-order valence-corrected chi connectivity index (χ0v) is 11.5. The number of hydrogen-bond acceptors (Lipinski definition) is 3. The van der Waals surface area contributed by atoms with Gasteiger partial charge in [-0.2, -0.15) is 0 Å². The summed E-state index contributed by atoms with van der Waals surface area (Å²) in [6.45, 7) is 0.386. The molecule has 0 aliphatic heterocycles. The van der Waals surface area contributed by atoms with Gasteiger partial charge in [0.2, 0.25) is 0 Å². The number of nitrogens with one attached hydrogen (secondary N) is 1. The van der Waals surface area contributed by atoms with E-state index in [0.717, 1.165) is 0 Å². The van der Waals surface area contributed by atoms with Crippen LogP contribution in [0, 0.1) is 10.6 Å². The van der Waals surface area contributed by atoms with Gasteiger partial charge < -0.3 is 20.0 Å². The average molecular weight is 334 g/mol. The van der Waals surface area contributed by atoms with Crippen molar-refractivity contribution in [1.82, 2.24) is 9.55 Å². The van der Waals surface area contributed by atoms with Gasteiger partial charge in [-0.05, 0) is 34.2 Å². The van der Waals surface area contributed by atoms with Gasteiger partial charge in [0.1, 0.15) is 12.4 Å². The van der Waals surface area contributed by atoms with Crippen molar-refractivity contribution < 1.29 is 13.9 Å². The highest BCUT2D eigenvalue weighted by atomic mass is 79.9. The molecule has 0 aliphatic rings. The van der Waals surface area contributed by atoms with Crippen molar-refractivity contribution in [2.45, 2.75) is 6.54 Å². The monoisotopic (exact) mass is 333 g/mol. The number of rotatable bonds is 3. The van der Waals surface area contributed by atoms with Crippen molar-refractivity contribution >= 4 is 45.3 Å². The zero-order chi connectivity index (χ0) is 13.3. The minimum absolute atomic E-state index is 0.0777. The van der Waals surface area contributed by atoms with Crippen LogP contribution in [-0.4, -0.2) is 22.3 Å². The molecule has 5 nitrogen and oxygen atoms in total. The first-order chi connectivity index (χ1) is 8.49. The third kappa shape index (κ3) is 2.54. The van der Waals surface area contributed by atoms with E-state index in [1.54, 1.807) is 10.6 Å². The summed E-state index contributed by atoms with van der Waals surface area (Å²) in [7, 11) is 0. The molecule has 0 spiro atoms. The fourth-order valence-corrected chi connectivity index (χ4v) is 2.25. The number of amides is 1. The molecule has 0 unspecified atom stereocenters. The summed E-state index contributed by atoms with van der Waals surface area (Å²) >= 11 is 8.21. The molecule has 18 heavy (non-hydrogen) atoms. The zero-order valence-electron chi connectivity index (χ0n) is 9.07. The number of primary amides is 1. The fourth-order valence-electron chi connectivity index (χ4n) is 1.61. The third-order valence-electron chi connectivity index (χ3n) is 2.38. The number of carbonyl (C=O) groups excluding carboxylic acids is 1. The van der Waals surface area contributed by atoms with Crippen LogP contribution in [0.1, 0.15) is 0 Å². The van der Waals surface area contributed by atoms with E-state index in [2.05, 4.69) is 25.7 Å². The topological polar surface area (TPSA) is 73.0 Å². The molecule has 1 amide bonds. The quantitative estimate of drug-likeness (QED) is 0.848. The van der Waals surface area contributed by atoms with Gasteiger partial charge in [0.05, 0.1) is 22.1 Å². The summed E-state index contributed by atoms with van der Waals surface area (Å²) in [5.74, 6) is -0.388. The van der Waals surface area contributed by atoms with Crippen LogP contribution in [0.4, 0.5) is 9.18 Å². The largest absolute Gasteiger partial charge is 0.448 e. The van der Waals surface area contributed by atoms with Crippen LogP contribution in [0.2, 0.25) is 0 Å². The molecule has 0 atom stereocenters. The Hall–Kier alpha value is -1.41. The Balaban J connectivity index is 2.37.